The zero-order valence-electron chi connectivity index (χ0n) is 12.3. The molecule has 0 saturated carbocycles. The highest BCUT2D eigenvalue weighted by Crippen LogP contribution is 2.22. The van der Waals surface area contributed by atoms with E-state index < -0.39 is 0 Å². The first kappa shape index (κ1) is 15.0. The first-order valence-electron chi connectivity index (χ1n) is 7.22. The van der Waals surface area contributed by atoms with E-state index in [1.165, 1.54) is 9.75 Å². The standard InChI is InChI=1S/C15H22N2O2S/c1-4-11-6-7-12(20-11)9-17-10(3)8-14(18)16-13(5-2)15(17)19/h6-7,10,13H,4-5,8-9H2,1-3H3,(H,16,18). The summed E-state index contributed by atoms with van der Waals surface area (Å²) in [7, 11) is 0. The zero-order chi connectivity index (χ0) is 14.7. The lowest BCUT2D eigenvalue weighted by Crippen LogP contribution is -2.45. The number of nitrogens with zero attached hydrogens (tertiary/aromatic N) is 1. The van der Waals surface area contributed by atoms with Gasteiger partial charge in [-0.2, -0.15) is 0 Å². The predicted octanol–water partition coefficient (Wildman–Crippen LogP) is 2.33. The number of hydrogen-bond acceptors (Lipinski definition) is 3. The van der Waals surface area contributed by atoms with Crippen LogP contribution in [-0.4, -0.2) is 28.8 Å². The quantitative estimate of drug-likeness (QED) is 0.926. The molecular formula is C15H22N2O2S. The SMILES string of the molecule is CCc1ccc(CN2C(=O)C(CC)NC(=O)CC2C)s1. The van der Waals surface area contributed by atoms with Crippen LogP contribution in [0.4, 0.5) is 0 Å². The molecular weight excluding hydrogens is 272 g/mol. The molecule has 0 spiro atoms. The fraction of sp³-hybridized carbons (Fsp3) is 0.600. The van der Waals surface area contributed by atoms with Gasteiger partial charge in [-0.1, -0.05) is 13.8 Å². The molecule has 20 heavy (non-hydrogen) atoms. The molecule has 1 aromatic rings. The molecule has 2 rings (SSSR count). The average Bonchev–Trinajstić information content (AvgIpc) is 2.85. The van der Waals surface area contributed by atoms with E-state index in [9.17, 15) is 9.59 Å². The molecule has 1 aliphatic rings. The van der Waals surface area contributed by atoms with E-state index in [0.717, 1.165) is 6.42 Å². The summed E-state index contributed by atoms with van der Waals surface area (Å²) < 4.78 is 0. The summed E-state index contributed by atoms with van der Waals surface area (Å²) >= 11 is 1.75. The van der Waals surface area contributed by atoms with Crippen LogP contribution in [0.25, 0.3) is 0 Å². The first-order chi connectivity index (χ1) is 9.55. The minimum Gasteiger partial charge on any atom is -0.344 e. The molecule has 0 bridgehead atoms. The highest BCUT2D eigenvalue weighted by atomic mass is 32.1. The third-order valence-corrected chi connectivity index (χ3v) is 4.94. The number of hydrogen-bond donors (Lipinski definition) is 1. The lowest BCUT2D eigenvalue weighted by molar-refractivity contribution is -0.135. The molecule has 5 heteroatoms. The van der Waals surface area contributed by atoms with Crippen LogP contribution in [0.15, 0.2) is 12.1 Å². The Morgan fingerprint density at radius 2 is 2.00 bits per heavy atom. The van der Waals surface area contributed by atoms with Gasteiger partial charge in [0.05, 0.1) is 6.54 Å². The highest BCUT2D eigenvalue weighted by molar-refractivity contribution is 7.11. The van der Waals surface area contributed by atoms with Gasteiger partial charge in [-0.15, -0.1) is 11.3 Å². The summed E-state index contributed by atoms with van der Waals surface area (Å²) in [5.74, 6) is 0.0120. The molecule has 1 fully saturated rings. The summed E-state index contributed by atoms with van der Waals surface area (Å²) in [4.78, 5) is 28.7. The van der Waals surface area contributed by atoms with Crippen LogP contribution in [-0.2, 0) is 22.6 Å². The molecule has 2 atom stereocenters. The Morgan fingerprint density at radius 1 is 1.30 bits per heavy atom. The van der Waals surface area contributed by atoms with E-state index in [1.807, 2.05) is 18.7 Å². The molecule has 1 saturated heterocycles. The topological polar surface area (TPSA) is 49.4 Å². The van der Waals surface area contributed by atoms with Gasteiger partial charge in [-0.05, 0) is 31.9 Å². The number of thiophene rings is 1. The lowest BCUT2D eigenvalue weighted by Gasteiger charge is -2.28. The van der Waals surface area contributed by atoms with Crippen molar-refractivity contribution in [3.05, 3.63) is 21.9 Å². The minimum absolute atomic E-state index is 0.0272. The Morgan fingerprint density at radius 3 is 2.60 bits per heavy atom. The largest absolute Gasteiger partial charge is 0.344 e. The lowest BCUT2D eigenvalue weighted by atomic mass is 10.1. The van der Waals surface area contributed by atoms with Gasteiger partial charge in [0.15, 0.2) is 0 Å². The zero-order valence-corrected chi connectivity index (χ0v) is 13.1. The molecule has 1 aromatic heterocycles. The van der Waals surface area contributed by atoms with Gasteiger partial charge in [-0.3, -0.25) is 9.59 Å². The molecule has 4 nitrogen and oxygen atoms in total. The van der Waals surface area contributed by atoms with Crippen LogP contribution >= 0.6 is 11.3 Å². The van der Waals surface area contributed by atoms with Crippen LogP contribution in [0.2, 0.25) is 0 Å². The molecule has 1 N–H and O–H groups in total. The van der Waals surface area contributed by atoms with Gasteiger partial charge in [0.1, 0.15) is 6.04 Å². The maximum Gasteiger partial charge on any atom is 0.245 e. The van der Waals surface area contributed by atoms with Crippen LogP contribution in [0.1, 0.15) is 43.4 Å². The van der Waals surface area contributed by atoms with Crippen molar-refractivity contribution in [1.29, 1.82) is 0 Å². The first-order valence-corrected chi connectivity index (χ1v) is 8.04. The van der Waals surface area contributed by atoms with E-state index in [0.29, 0.717) is 19.4 Å². The monoisotopic (exact) mass is 294 g/mol. The number of aryl methyl sites for hydroxylation is 1. The smallest absolute Gasteiger partial charge is 0.245 e. The van der Waals surface area contributed by atoms with Crippen molar-refractivity contribution >= 4 is 23.2 Å². The highest BCUT2D eigenvalue weighted by Gasteiger charge is 2.32. The van der Waals surface area contributed by atoms with Gasteiger partial charge in [0, 0.05) is 22.2 Å². The average molecular weight is 294 g/mol. The van der Waals surface area contributed by atoms with E-state index >= 15 is 0 Å². The maximum absolute atomic E-state index is 12.5. The van der Waals surface area contributed by atoms with Crippen molar-refractivity contribution < 1.29 is 9.59 Å². The third kappa shape index (κ3) is 3.20. The van der Waals surface area contributed by atoms with Crippen LogP contribution in [0.3, 0.4) is 0 Å². The van der Waals surface area contributed by atoms with Gasteiger partial charge in [0.2, 0.25) is 11.8 Å². The van der Waals surface area contributed by atoms with Crippen molar-refractivity contribution in [3.63, 3.8) is 0 Å². The number of carbonyl (C=O) groups excluding carboxylic acids is 2. The van der Waals surface area contributed by atoms with E-state index in [2.05, 4.69) is 24.4 Å². The van der Waals surface area contributed by atoms with Crippen molar-refractivity contribution in [2.75, 3.05) is 0 Å². The van der Waals surface area contributed by atoms with Crippen molar-refractivity contribution in [1.82, 2.24) is 10.2 Å². The summed E-state index contributed by atoms with van der Waals surface area (Å²) in [6.45, 7) is 6.61. The number of carbonyl (C=O) groups is 2. The molecule has 0 aliphatic carbocycles. The third-order valence-electron chi connectivity index (χ3n) is 3.73. The number of rotatable bonds is 4. The second kappa shape index (κ2) is 6.39. The molecule has 2 heterocycles. The van der Waals surface area contributed by atoms with Gasteiger partial charge >= 0.3 is 0 Å². The van der Waals surface area contributed by atoms with E-state index in [4.69, 9.17) is 0 Å². The minimum atomic E-state index is -0.377. The molecule has 2 unspecified atom stereocenters. The maximum atomic E-state index is 12.5. The molecule has 0 aromatic carbocycles. The van der Waals surface area contributed by atoms with Crippen molar-refractivity contribution in [2.45, 2.75) is 58.7 Å². The Balaban J connectivity index is 2.17. The normalized spacial score (nSPS) is 23.6. The van der Waals surface area contributed by atoms with E-state index in [-0.39, 0.29) is 23.9 Å². The molecule has 0 radical (unpaired) electrons. The predicted molar refractivity (Wildman–Crippen MR) is 80.5 cm³/mol. The van der Waals surface area contributed by atoms with Crippen molar-refractivity contribution in [3.8, 4) is 0 Å². The summed E-state index contributed by atoms with van der Waals surface area (Å²) in [5.41, 5.74) is 0. The number of amides is 2. The Kier molecular flexibility index (Phi) is 4.81. The fourth-order valence-corrected chi connectivity index (χ4v) is 3.44. The van der Waals surface area contributed by atoms with Crippen LogP contribution < -0.4 is 5.32 Å². The Hall–Kier alpha value is -1.36. The Labute approximate surface area is 124 Å². The van der Waals surface area contributed by atoms with E-state index in [1.54, 1.807) is 11.3 Å². The van der Waals surface area contributed by atoms with Crippen LogP contribution in [0, 0.1) is 0 Å². The molecule has 1 aliphatic heterocycles. The summed E-state index contributed by atoms with van der Waals surface area (Å²) in [6, 6.07) is 3.78. The summed E-state index contributed by atoms with van der Waals surface area (Å²) in [6.07, 6.45) is 2.04. The number of nitrogens with one attached hydrogen (secondary N) is 1. The summed E-state index contributed by atoms with van der Waals surface area (Å²) in [5, 5.41) is 2.81. The molecule has 2 amide bonds. The Bertz CT molecular complexity index is 498. The van der Waals surface area contributed by atoms with Gasteiger partial charge < -0.3 is 10.2 Å². The van der Waals surface area contributed by atoms with Gasteiger partial charge in [-0.25, -0.2) is 0 Å². The second-order valence-electron chi connectivity index (χ2n) is 5.27. The fourth-order valence-electron chi connectivity index (χ4n) is 2.49. The van der Waals surface area contributed by atoms with Crippen molar-refractivity contribution in [2.24, 2.45) is 0 Å². The second-order valence-corrected chi connectivity index (χ2v) is 6.52. The van der Waals surface area contributed by atoms with Crippen LogP contribution in [0.5, 0.6) is 0 Å². The molecule has 110 valence electrons. The van der Waals surface area contributed by atoms with Gasteiger partial charge in [0.25, 0.3) is 0 Å².